The normalized spacial score (nSPS) is 10.7. The second-order valence-corrected chi connectivity index (χ2v) is 5.20. The van der Waals surface area contributed by atoms with Crippen LogP contribution in [0.1, 0.15) is 18.9 Å². The van der Waals surface area contributed by atoms with E-state index < -0.39 is 10.9 Å². The maximum atomic E-state index is 12.2. The summed E-state index contributed by atoms with van der Waals surface area (Å²) in [7, 11) is 0. The summed E-state index contributed by atoms with van der Waals surface area (Å²) in [5, 5.41) is 19.9. The summed E-state index contributed by atoms with van der Waals surface area (Å²) in [6.45, 7) is 2.49. The van der Waals surface area contributed by atoms with Gasteiger partial charge in [-0.05, 0) is 30.7 Å². The van der Waals surface area contributed by atoms with E-state index >= 15 is 0 Å². The molecule has 0 aliphatic heterocycles. The predicted octanol–water partition coefficient (Wildman–Crippen LogP) is 3.90. The molecule has 2 aromatic carbocycles. The average Bonchev–Trinajstić information content (AvgIpc) is 2.65. The van der Waals surface area contributed by atoms with Gasteiger partial charge in [0.05, 0.1) is 11.5 Å². The molecule has 0 aromatic heterocycles. The maximum Gasteiger partial charge on any atom is 0.354 e. The lowest BCUT2D eigenvalue weighted by molar-refractivity contribution is -0.384. The van der Waals surface area contributed by atoms with E-state index in [4.69, 9.17) is 9.47 Å². The smallest absolute Gasteiger partial charge is 0.354 e. The molecule has 2 aromatic rings. The van der Waals surface area contributed by atoms with E-state index in [1.54, 1.807) is 30.3 Å². The molecule has 0 saturated heterocycles. The highest BCUT2D eigenvalue weighted by atomic mass is 16.6. The predicted molar refractivity (Wildman–Crippen MR) is 94.5 cm³/mol. The van der Waals surface area contributed by atoms with E-state index in [0.29, 0.717) is 17.9 Å². The lowest BCUT2D eigenvalue weighted by Crippen LogP contribution is -2.10. The van der Waals surface area contributed by atoms with Crippen molar-refractivity contribution in [1.29, 1.82) is 5.26 Å². The Bertz CT molecular complexity index is 866. The third-order valence-electron chi connectivity index (χ3n) is 3.28. The number of carbonyl (C=O) groups is 1. The van der Waals surface area contributed by atoms with Crippen molar-refractivity contribution in [3.8, 4) is 17.6 Å². The molecule has 0 unspecified atom stereocenters. The van der Waals surface area contributed by atoms with E-state index in [1.807, 2.05) is 6.92 Å². The van der Waals surface area contributed by atoms with E-state index in [9.17, 15) is 20.2 Å². The molecular weight excluding hydrogens is 336 g/mol. The van der Waals surface area contributed by atoms with Crippen molar-refractivity contribution in [2.45, 2.75) is 13.3 Å². The molecule has 0 radical (unpaired) electrons. The summed E-state index contributed by atoms with van der Waals surface area (Å²) in [6, 6.07) is 13.9. The Morgan fingerprint density at radius 1 is 1.23 bits per heavy atom. The summed E-state index contributed by atoms with van der Waals surface area (Å²) < 4.78 is 10.7. The summed E-state index contributed by atoms with van der Waals surface area (Å²) in [5.74, 6) is -0.186. The zero-order valence-corrected chi connectivity index (χ0v) is 14.0. The van der Waals surface area contributed by atoms with E-state index in [1.165, 1.54) is 30.3 Å². The number of nitrogens with zero attached hydrogens (tertiary/aromatic N) is 2. The highest BCUT2D eigenvalue weighted by Crippen LogP contribution is 2.23. The van der Waals surface area contributed by atoms with Crippen molar-refractivity contribution in [3.63, 3.8) is 0 Å². The quantitative estimate of drug-likeness (QED) is 0.187. The zero-order chi connectivity index (χ0) is 18.9. The summed E-state index contributed by atoms with van der Waals surface area (Å²) in [4.78, 5) is 22.3. The highest BCUT2D eigenvalue weighted by Gasteiger charge is 2.14. The molecule has 0 atom stereocenters. The molecule has 7 nitrogen and oxygen atoms in total. The molecule has 0 bridgehead atoms. The van der Waals surface area contributed by atoms with Crippen LogP contribution in [-0.2, 0) is 4.79 Å². The molecule has 0 aliphatic carbocycles. The van der Waals surface area contributed by atoms with Gasteiger partial charge in [0.1, 0.15) is 23.1 Å². The summed E-state index contributed by atoms with van der Waals surface area (Å²) >= 11 is 0. The number of nitro groups is 1. The first-order valence-electron chi connectivity index (χ1n) is 7.85. The maximum absolute atomic E-state index is 12.2. The van der Waals surface area contributed by atoms with E-state index in [0.717, 1.165) is 6.42 Å². The fourth-order valence-electron chi connectivity index (χ4n) is 2.03. The summed E-state index contributed by atoms with van der Waals surface area (Å²) in [5.41, 5.74) is 0.247. The van der Waals surface area contributed by atoms with Crippen molar-refractivity contribution in [2.24, 2.45) is 0 Å². The van der Waals surface area contributed by atoms with E-state index in [-0.39, 0.29) is 17.0 Å². The molecular formula is C19H16N2O5. The first-order chi connectivity index (χ1) is 12.5. The second-order valence-electron chi connectivity index (χ2n) is 5.20. The lowest BCUT2D eigenvalue weighted by atomic mass is 10.1. The highest BCUT2D eigenvalue weighted by molar-refractivity contribution is 5.99. The van der Waals surface area contributed by atoms with Crippen LogP contribution in [0.15, 0.2) is 54.1 Å². The Morgan fingerprint density at radius 3 is 2.54 bits per heavy atom. The zero-order valence-electron chi connectivity index (χ0n) is 14.0. The topological polar surface area (TPSA) is 102 Å². The lowest BCUT2D eigenvalue weighted by Gasteiger charge is -2.08. The Hall–Kier alpha value is -3.66. The van der Waals surface area contributed by atoms with Gasteiger partial charge in [-0.15, -0.1) is 0 Å². The minimum atomic E-state index is -0.855. The fraction of sp³-hybridized carbons (Fsp3) is 0.158. The Balaban J connectivity index is 2.19. The minimum Gasteiger partial charge on any atom is -0.493 e. The molecule has 7 heteroatoms. The van der Waals surface area contributed by atoms with Crippen LogP contribution in [0.5, 0.6) is 11.5 Å². The van der Waals surface area contributed by atoms with Gasteiger partial charge in [-0.1, -0.05) is 25.1 Å². The molecule has 0 N–H and O–H groups in total. The molecule has 0 aliphatic rings. The van der Waals surface area contributed by atoms with Gasteiger partial charge in [-0.3, -0.25) is 10.1 Å². The van der Waals surface area contributed by atoms with Crippen LogP contribution in [0.25, 0.3) is 6.08 Å². The average molecular weight is 352 g/mol. The number of benzene rings is 2. The third kappa shape index (κ3) is 4.92. The summed E-state index contributed by atoms with van der Waals surface area (Å²) in [6.07, 6.45) is 2.21. The SMILES string of the molecule is CCCOc1ccccc1/C=C(\C#N)C(=O)Oc1ccc([N+](=O)[O-])cc1. The van der Waals surface area contributed by atoms with Gasteiger partial charge < -0.3 is 9.47 Å². The molecule has 132 valence electrons. The molecule has 0 spiro atoms. The van der Waals surface area contributed by atoms with Gasteiger partial charge >= 0.3 is 5.97 Å². The van der Waals surface area contributed by atoms with Crippen LogP contribution in [-0.4, -0.2) is 17.5 Å². The van der Waals surface area contributed by atoms with Crippen LogP contribution < -0.4 is 9.47 Å². The number of hydrogen-bond donors (Lipinski definition) is 0. The third-order valence-corrected chi connectivity index (χ3v) is 3.28. The monoisotopic (exact) mass is 352 g/mol. The first-order valence-corrected chi connectivity index (χ1v) is 7.85. The van der Waals surface area contributed by atoms with Crippen molar-refractivity contribution < 1.29 is 19.2 Å². The van der Waals surface area contributed by atoms with Crippen molar-refractivity contribution in [2.75, 3.05) is 6.61 Å². The van der Waals surface area contributed by atoms with Crippen LogP contribution in [0.2, 0.25) is 0 Å². The van der Waals surface area contributed by atoms with Gasteiger partial charge in [0.2, 0.25) is 0 Å². The van der Waals surface area contributed by atoms with Crippen molar-refractivity contribution >= 4 is 17.7 Å². The van der Waals surface area contributed by atoms with Gasteiger partial charge in [-0.25, -0.2) is 4.79 Å². The van der Waals surface area contributed by atoms with Crippen LogP contribution in [0.4, 0.5) is 5.69 Å². The molecule has 0 amide bonds. The number of carbonyl (C=O) groups excluding carboxylic acids is 1. The molecule has 0 fully saturated rings. The number of nitriles is 1. The second kappa shape index (κ2) is 8.99. The largest absolute Gasteiger partial charge is 0.493 e. The van der Waals surface area contributed by atoms with Gasteiger partial charge in [-0.2, -0.15) is 5.26 Å². The molecule has 2 rings (SSSR count). The van der Waals surface area contributed by atoms with Gasteiger partial charge in [0, 0.05) is 17.7 Å². The van der Waals surface area contributed by atoms with Gasteiger partial charge in [0.25, 0.3) is 5.69 Å². The molecule has 0 saturated carbocycles. The van der Waals surface area contributed by atoms with Crippen LogP contribution in [0, 0.1) is 21.4 Å². The standard InChI is InChI=1S/C19H16N2O5/c1-2-11-25-18-6-4-3-5-14(18)12-15(13-20)19(22)26-17-9-7-16(8-10-17)21(23)24/h3-10,12H,2,11H2,1H3/b15-12+. The van der Waals surface area contributed by atoms with E-state index in [2.05, 4.69) is 0 Å². The van der Waals surface area contributed by atoms with Crippen molar-refractivity contribution in [1.82, 2.24) is 0 Å². The number of rotatable bonds is 7. The number of para-hydroxylation sites is 1. The number of non-ortho nitro benzene ring substituents is 1. The number of ether oxygens (including phenoxy) is 2. The van der Waals surface area contributed by atoms with Gasteiger partial charge in [0.15, 0.2) is 0 Å². The number of esters is 1. The van der Waals surface area contributed by atoms with Crippen LogP contribution >= 0.6 is 0 Å². The van der Waals surface area contributed by atoms with Crippen molar-refractivity contribution in [3.05, 3.63) is 69.8 Å². The Morgan fingerprint density at radius 2 is 1.92 bits per heavy atom. The Kier molecular flexibility index (Phi) is 6.46. The molecule has 0 heterocycles. The fourth-order valence-corrected chi connectivity index (χ4v) is 2.03. The molecule has 26 heavy (non-hydrogen) atoms. The minimum absolute atomic E-state index is 0.109. The number of nitro benzene ring substituents is 1. The Labute approximate surface area is 150 Å². The number of hydrogen-bond acceptors (Lipinski definition) is 6. The van der Waals surface area contributed by atoms with Crippen LogP contribution in [0.3, 0.4) is 0 Å². The first kappa shape index (κ1) is 18.7.